The molecule has 0 bridgehead atoms. The highest BCUT2D eigenvalue weighted by Crippen LogP contribution is 2.32. The molecule has 1 aliphatic heterocycles. The molecule has 0 unspecified atom stereocenters. The predicted octanol–water partition coefficient (Wildman–Crippen LogP) is 2.53. The van der Waals surface area contributed by atoms with Crippen LogP contribution in [-0.2, 0) is 4.79 Å². The third kappa shape index (κ3) is 2.80. The van der Waals surface area contributed by atoms with Crippen LogP contribution < -0.4 is 4.90 Å². The molecule has 1 fully saturated rings. The molecule has 23 heavy (non-hydrogen) atoms. The Bertz CT molecular complexity index is 749. The van der Waals surface area contributed by atoms with Crippen molar-refractivity contribution in [2.45, 2.75) is 13.8 Å². The van der Waals surface area contributed by atoms with Crippen molar-refractivity contribution in [3.8, 4) is 17.3 Å². The van der Waals surface area contributed by atoms with Crippen LogP contribution >= 0.6 is 0 Å². The third-order valence-corrected chi connectivity index (χ3v) is 4.45. The standard InChI is InChI=1S/C18H20N4O/c1-13-16(12-19)18(20-17(13)15-6-4-3-5-7-15)22-10-8-21(9-11-22)14(2)23/h3-7,20H,8-11H2,1-2H3. The van der Waals surface area contributed by atoms with Gasteiger partial charge in [-0.1, -0.05) is 30.3 Å². The molecule has 118 valence electrons. The molecule has 1 saturated heterocycles. The van der Waals surface area contributed by atoms with Crippen LogP contribution in [0.2, 0.25) is 0 Å². The first-order valence-corrected chi connectivity index (χ1v) is 7.80. The number of piperazine rings is 1. The van der Waals surface area contributed by atoms with Crippen molar-refractivity contribution in [3.05, 3.63) is 41.5 Å². The van der Waals surface area contributed by atoms with Gasteiger partial charge < -0.3 is 14.8 Å². The lowest BCUT2D eigenvalue weighted by molar-refractivity contribution is -0.129. The van der Waals surface area contributed by atoms with Gasteiger partial charge in [-0.05, 0) is 18.1 Å². The number of benzene rings is 1. The zero-order valence-electron chi connectivity index (χ0n) is 13.5. The molecule has 0 atom stereocenters. The lowest BCUT2D eigenvalue weighted by Crippen LogP contribution is -2.48. The highest BCUT2D eigenvalue weighted by atomic mass is 16.2. The summed E-state index contributed by atoms with van der Waals surface area (Å²) in [5, 5.41) is 9.57. The van der Waals surface area contributed by atoms with Gasteiger partial charge in [-0.3, -0.25) is 4.79 Å². The van der Waals surface area contributed by atoms with Gasteiger partial charge in [0.15, 0.2) is 0 Å². The average Bonchev–Trinajstić information content (AvgIpc) is 2.92. The molecule has 1 N–H and O–H groups in total. The Balaban J connectivity index is 1.92. The van der Waals surface area contributed by atoms with Gasteiger partial charge >= 0.3 is 0 Å². The minimum Gasteiger partial charge on any atom is -0.354 e. The number of nitriles is 1. The SMILES string of the molecule is CC(=O)N1CCN(c2[nH]c(-c3ccccc3)c(C)c2C#N)CC1. The van der Waals surface area contributed by atoms with E-state index in [9.17, 15) is 10.1 Å². The number of H-pyrrole nitrogens is 1. The van der Waals surface area contributed by atoms with Crippen molar-refractivity contribution < 1.29 is 4.79 Å². The molecule has 0 radical (unpaired) electrons. The van der Waals surface area contributed by atoms with Crippen LogP contribution in [0.25, 0.3) is 11.3 Å². The minimum atomic E-state index is 0.109. The number of aromatic amines is 1. The van der Waals surface area contributed by atoms with Gasteiger partial charge in [-0.25, -0.2) is 0 Å². The maximum atomic E-state index is 11.5. The third-order valence-electron chi connectivity index (χ3n) is 4.45. The number of hydrogen-bond acceptors (Lipinski definition) is 3. The van der Waals surface area contributed by atoms with Gasteiger partial charge in [-0.15, -0.1) is 0 Å². The van der Waals surface area contributed by atoms with Crippen LogP contribution in [0.4, 0.5) is 5.82 Å². The van der Waals surface area contributed by atoms with E-state index in [1.807, 2.05) is 42.2 Å². The van der Waals surface area contributed by atoms with Gasteiger partial charge in [0.2, 0.25) is 5.91 Å². The zero-order valence-corrected chi connectivity index (χ0v) is 13.5. The van der Waals surface area contributed by atoms with Crippen LogP contribution in [-0.4, -0.2) is 42.0 Å². The first-order chi connectivity index (χ1) is 11.1. The zero-order chi connectivity index (χ0) is 16.4. The number of carbonyl (C=O) groups is 1. The molecule has 5 nitrogen and oxygen atoms in total. The Morgan fingerprint density at radius 2 is 1.83 bits per heavy atom. The van der Waals surface area contributed by atoms with Crippen LogP contribution in [0.3, 0.4) is 0 Å². The van der Waals surface area contributed by atoms with Crippen LogP contribution in [0.15, 0.2) is 30.3 Å². The number of carbonyl (C=O) groups excluding carboxylic acids is 1. The smallest absolute Gasteiger partial charge is 0.219 e. The van der Waals surface area contributed by atoms with E-state index in [0.717, 1.165) is 35.7 Å². The fraction of sp³-hybridized carbons (Fsp3) is 0.333. The van der Waals surface area contributed by atoms with Gasteiger partial charge in [0.1, 0.15) is 11.9 Å². The Morgan fingerprint density at radius 3 is 2.39 bits per heavy atom. The lowest BCUT2D eigenvalue weighted by Gasteiger charge is -2.35. The van der Waals surface area contributed by atoms with E-state index in [-0.39, 0.29) is 5.91 Å². The van der Waals surface area contributed by atoms with Gasteiger partial charge in [-0.2, -0.15) is 5.26 Å². The van der Waals surface area contributed by atoms with Crippen LogP contribution in [0, 0.1) is 18.3 Å². The molecule has 0 spiro atoms. The average molecular weight is 308 g/mol. The Kier molecular flexibility index (Phi) is 4.07. The van der Waals surface area contributed by atoms with E-state index in [4.69, 9.17) is 0 Å². The second-order valence-electron chi connectivity index (χ2n) is 5.82. The van der Waals surface area contributed by atoms with Gasteiger partial charge in [0.05, 0.1) is 11.3 Å². The maximum absolute atomic E-state index is 11.5. The van der Waals surface area contributed by atoms with Crippen LogP contribution in [0.1, 0.15) is 18.1 Å². The summed E-state index contributed by atoms with van der Waals surface area (Å²) in [6.07, 6.45) is 0. The Morgan fingerprint density at radius 1 is 1.17 bits per heavy atom. The van der Waals surface area contributed by atoms with Gasteiger partial charge in [0.25, 0.3) is 0 Å². The minimum absolute atomic E-state index is 0.109. The molecule has 0 saturated carbocycles. The topological polar surface area (TPSA) is 63.1 Å². The van der Waals surface area contributed by atoms with Crippen molar-refractivity contribution in [2.75, 3.05) is 31.1 Å². The van der Waals surface area contributed by atoms with E-state index < -0.39 is 0 Å². The summed E-state index contributed by atoms with van der Waals surface area (Å²) in [4.78, 5) is 18.9. The van der Waals surface area contributed by atoms with Crippen molar-refractivity contribution in [1.82, 2.24) is 9.88 Å². The van der Waals surface area contributed by atoms with Crippen molar-refractivity contribution in [1.29, 1.82) is 5.26 Å². The summed E-state index contributed by atoms with van der Waals surface area (Å²) in [6, 6.07) is 12.4. The number of nitrogens with one attached hydrogen (secondary N) is 1. The molecule has 1 aromatic heterocycles. The largest absolute Gasteiger partial charge is 0.354 e. The van der Waals surface area contributed by atoms with Crippen molar-refractivity contribution in [3.63, 3.8) is 0 Å². The predicted molar refractivity (Wildman–Crippen MR) is 90.1 cm³/mol. The molecular weight excluding hydrogens is 288 g/mol. The number of rotatable bonds is 2. The van der Waals surface area contributed by atoms with E-state index in [2.05, 4.69) is 16.0 Å². The van der Waals surface area contributed by atoms with E-state index in [1.165, 1.54) is 0 Å². The first kappa shape index (κ1) is 15.2. The number of hydrogen-bond donors (Lipinski definition) is 1. The summed E-state index contributed by atoms with van der Waals surface area (Å²) in [7, 11) is 0. The molecule has 1 aromatic carbocycles. The number of anilines is 1. The molecule has 1 aliphatic rings. The molecule has 0 aliphatic carbocycles. The fourth-order valence-corrected chi connectivity index (χ4v) is 3.09. The first-order valence-electron chi connectivity index (χ1n) is 7.80. The maximum Gasteiger partial charge on any atom is 0.219 e. The second-order valence-corrected chi connectivity index (χ2v) is 5.82. The highest BCUT2D eigenvalue weighted by molar-refractivity contribution is 5.75. The molecule has 3 rings (SSSR count). The van der Waals surface area contributed by atoms with Crippen molar-refractivity contribution in [2.24, 2.45) is 0 Å². The molecular formula is C18H20N4O. The summed E-state index contributed by atoms with van der Waals surface area (Å²) < 4.78 is 0. The molecule has 5 heteroatoms. The quantitative estimate of drug-likeness (QED) is 0.927. The number of nitrogens with zero attached hydrogens (tertiary/aromatic N) is 3. The second kappa shape index (κ2) is 6.17. The van der Waals surface area contributed by atoms with Crippen molar-refractivity contribution >= 4 is 11.7 Å². The summed E-state index contributed by atoms with van der Waals surface area (Å²) in [5.74, 6) is 0.977. The van der Waals surface area contributed by atoms with Gasteiger partial charge in [0, 0.05) is 33.1 Å². The lowest BCUT2D eigenvalue weighted by atomic mass is 10.1. The summed E-state index contributed by atoms with van der Waals surface area (Å²) >= 11 is 0. The van der Waals surface area contributed by atoms with E-state index in [1.54, 1.807) is 6.92 Å². The summed E-state index contributed by atoms with van der Waals surface area (Å²) in [5.41, 5.74) is 3.74. The monoisotopic (exact) mass is 308 g/mol. The number of amides is 1. The number of aromatic nitrogens is 1. The highest BCUT2D eigenvalue weighted by Gasteiger charge is 2.24. The Labute approximate surface area is 136 Å². The normalized spacial score (nSPS) is 14.7. The fourth-order valence-electron chi connectivity index (χ4n) is 3.09. The molecule has 2 aromatic rings. The molecule has 2 heterocycles. The van der Waals surface area contributed by atoms with Crippen LogP contribution in [0.5, 0.6) is 0 Å². The molecule has 1 amide bonds. The summed E-state index contributed by atoms with van der Waals surface area (Å²) in [6.45, 7) is 6.44. The van der Waals surface area contributed by atoms with E-state index in [0.29, 0.717) is 18.7 Å². The Hall–Kier alpha value is -2.74. The van der Waals surface area contributed by atoms with E-state index >= 15 is 0 Å².